The molecule has 33 heavy (non-hydrogen) atoms. The predicted octanol–water partition coefficient (Wildman–Crippen LogP) is 6.39. The minimum absolute atomic E-state index is 0.881. The summed E-state index contributed by atoms with van der Waals surface area (Å²) in [5.74, 6) is 1.81. The smallest absolute Gasteiger partial charge is 0.150 e. The Labute approximate surface area is 197 Å². The zero-order chi connectivity index (χ0) is 22.6. The number of aliphatic imine (C=N–C) groups is 1. The van der Waals surface area contributed by atoms with E-state index in [1.165, 1.54) is 40.1 Å². The van der Waals surface area contributed by atoms with Gasteiger partial charge in [-0.1, -0.05) is 42.0 Å². The van der Waals surface area contributed by atoms with Gasteiger partial charge in [0.1, 0.15) is 5.75 Å². The van der Waals surface area contributed by atoms with Crippen molar-refractivity contribution in [1.29, 1.82) is 0 Å². The number of benzene rings is 2. The van der Waals surface area contributed by atoms with Gasteiger partial charge in [0.15, 0.2) is 5.75 Å². The molecule has 0 amide bonds. The standard InChI is InChI=1S/C29H33N3O/c1-22-19-23(2)29-26(20-22)24(21-30-29)9-8-14-31-15-17-32(18-16-31)27-12-6-7-13-28(27)33-25-10-4-3-5-11-25/h3-7,10-13,19,21H,8-9,14-18,20H2,1-2H3. The van der Waals surface area contributed by atoms with Gasteiger partial charge in [0, 0.05) is 32.4 Å². The molecular weight excluding hydrogens is 406 g/mol. The molecule has 0 bridgehead atoms. The largest absolute Gasteiger partial charge is 0.455 e. The Balaban J connectivity index is 1.14. The molecule has 0 radical (unpaired) electrons. The highest BCUT2D eigenvalue weighted by molar-refractivity contribution is 5.87. The van der Waals surface area contributed by atoms with E-state index in [0.29, 0.717) is 0 Å². The summed E-state index contributed by atoms with van der Waals surface area (Å²) in [5.41, 5.74) is 8.08. The van der Waals surface area contributed by atoms with Crippen molar-refractivity contribution in [2.75, 3.05) is 37.6 Å². The lowest BCUT2D eigenvalue weighted by Crippen LogP contribution is -2.46. The molecular formula is C29H33N3O. The molecule has 4 heteroatoms. The van der Waals surface area contributed by atoms with Crippen molar-refractivity contribution in [1.82, 2.24) is 4.90 Å². The molecule has 2 aromatic rings. The van der Waals surface area contributed by atoms with Gasteiger partial charge >= 0.3 is 0 Å². The summed E-state index contributed by atoms with van der Waals surface area (Å²) in [6.07, 6.45) is 7.76. The lowest BCUT2D eigenvalue weighted by molar-refractivity contribution is 0.255. The highest BCUT2D eigenvalue weighted by atomic mass is 16.5. The summed E-state index contributed by atoms with van der Waals surface area (Å²) < 4.78 is 6.19. The third kappa shape index (κ3) is 4.96. The van der Waals surface area contributed by atoms with Crippen LogP contribution in [0.3, 0.4) is 0 Å². The Hall–Kier alpha value is -3.11. The van der Waals surface area contributed by atoms with Crippen molar-refractivity contribution < 1.29 is 4.74 Å². The molecule has 0 aromatic heterocycles. The molecule has 1 fully saturated rings. The Morgan fingerprint density at radius 2 is 1.67 bits per heavy atom. The summed E-state index contributed by atoms with van der Waals surface area (Å²) in [6, 6.07) is 18.4. The zero-order valence-electron chi connectivity index (χ0n) is 19.8. The van der Waals surface area contributed by atoms with Crippen LogP contribution in [0.15, 0.2) is 93.7 Å². The number of hydrogen-bond acceptors (Lipinski definition) is 4. The molecule has 0 saturated carbocycles. The van der Waals surface area contributed by atoms with Crippen molar-refractivity contribution in [2.24, 2.45) is 4.99 Å². The fourth-order valence-electron chi connectivity index (χ4n) is 5.10. The maximum Gasteiger partial charge on any atom is 0.150 e. The second-order valence-electron chi connectivity index (χ2n) is 9.28. The molecule has 4 nitrogen and oxygen atoms in total. The number of anilines is 1. The number of para-hydroxylation sites is 3. The van der Waals surface area contributed by atoms with Gasteiger partial charge in [0.2, 0.25) is 0 Å². The van der Waals surface area contributed by atoms with Crippen LogP contribution in [0.25, 0.3) is 0 Å². The molecule has 5 rings (SSSR count). The molecule has 170 valence electrons. The minimum Gasteiger partial charge on any atom is -0.455 e. The van der Waals surface area contributed by atoms with Crippen LogP contribution in [0.5, 0.6) is 11.5 Å². The molecule has 2 aliphatic heterocycles. The van der Waals surface area contributed by atoms with E-state index in [9.17, 15) is 0 Å². The second-order valence-corrected chi connectivity index (χ2v) is 9.28. The molecule has 0 unspecified atom stereocenters. The van der Waals surface area contributed by atoms with Crippen molar-refractivity contribution >= 4 is 11.9 Å². The van der Waals surface area contributed by atoms with E-state index in [2.05, 4.69) is 54.1 Å². The van der Waals surface area contributed by atoms with Crippen molar-refractivity contribution in [3.05, 3.63) is 88.7 Å². The number of rotatable bonds is 7. The summed E-state index contributed by atoms with van der Waals surface area (Å²) in [7, 11) is 0. The van der Waals surface area contributed by atoms with E-state index in [0.717, 1.165) is 57.1 Å². The van der Waals surface area contributed by atoms with Crippen molar-refractivity contribution in [3.8, 4) is 11.5 Å². The Morgan fingerprint density at radius 1 is 0.909 bits per heavy atom. The number of allylic oxidation sites excluding steroid dienone is 5. The molecule has 1 aliphatic carbocycles. The highest BCUT2D eigenvalue weighted by Crippen LogP contribution is 2.36. The summed E-state index contributed by atoms with van der Waals surface area (Å²) in [5, 5.41) is 0. The van der Waals surface area contributed by atoms with Crippen LogP contribution in [0.2, 0.25) is 0 Å². The Kier molecular flexibility index (Phi) is 6.45. The molecule has 3 aliphatic rings. The molecule has 1 saturated heterocycles. The van der Waals surface area contributed by atoms with E-state index in [1.807, 2.05) is 36.4 Å². The van der Waals surface area contributed by atoms with Gasteiger partial charge in [0.25, 0.3) is 0 Å². The number of piperazine rings is 1. The number of nitrogens with zero attached hydrogens (tertiary/aromatic N) is 3. The van der Waals surface area contributed by atoms with E-state index in [4.69, 9.17) is 9.73 Å². The Bertz CT molecular complexity index is 1120. The first-order valence-electron chi connectivity index (χ1n) is 12.1. The van der Waals surface area contributed by atoms with Crippen molar-refractivity contribution in [3.63, 3.8) is 0 Å². The van der Waals surface area contributed by atoms with Gasteiger partial charge in [-0.05, 0) is 80.6 Å². The minimum atomic E-state index is 0.881. The topological polar surface area (TPSA) is 28.1 Å². The van der Waals surface area contributed by atoms with Crippen LogP contribution >= 0.6 is 0 Å². The second kappa shape index (κ2) is 9.80. The van der Waals surface area contributed by atoms with Crippen LogP contribution in [-0.2, 0) is 0 Å². The molecule has 0 N–H and O–H groups in total. The first kappa shape index (κ1) is 21.7. The first-order valence-corrected chi connectivity index (χ1v) is 12.1. The van der Waals surface area contributed by atoms with E-state index in [-0.39, 0.29) is 0 Å². The maximum absolute atomic E-state index is 6.19. The predicted molar refractivity (Wildman–Crippen MR) is 137 cm³/mol. The number of fused-ring (bicyclic) bond motifs is 1. The van der Waals surface area contributed by atoms with Crippen LogP contribution in [0.4, 0.5) is 5.69 Å². The van der Waals surface area contributed by atoms with Crippen LogP contribution in [-0.4, -0.2) is 43.8 Å². The zero-order valence-corrected chi connectivity index (χ0v) is 19.8. The van der Waals surface area contributed by atoms with E-state index >= 15 is 0 Å². The van der Waals surface area contributed by atoms with Gasteiger partial charge in [-0.15, -0.1) is 0 Å². The molecule has 2 heterocycles. The lowest BCUT2D eigenvalue weighted by atomic mass is 9.91. The average molecular weight is 440 g/mol. The molecule has 0 atom stereocenters. The SMILES string of the molecule is CC1=CC(C)=C2N=CC(CCCN3CCN(c4ccccc4Oc4ccccc4)CC3)=C2C1. The fraction of sp³-hybridized carbons (Fsp3) is 0.345. The maximum atomic E-state index is 6.19. The van der Waals surface area contributed by atoms with E-state index < -0.39 is 0 Å². The van der Waals surface area contributed by atoms with Gasteiger partial charge in [0.05, 0.1) is 11.4 Å². The monoisotopic (exact) mass is 439 g/mol. The van der Waals surface area contributed by atoms with Crippen molar-refractivity contribution in [2.45, 2.75) is 33.1 Å². The summed E-state index contributed by atoms with van der Waals surface area (Å²) >= 11 is 0. The van der Waals surface area contributed by atoms with Gasteiger partial charge in [-0.2, -0.15) is 0 Å². The fourth-order valence-corrected chi connectivity index (χ4v) is 5.10. The summed E-state index contributed by atoms with van der Waals surface area (Å²) in [4.78, 5) is 9.76. The van der Waals surface area contributed by atoms with Gasteiger partial charge in [-0.3, -0.25) is 9.89 Å². The van der Waals surface area contributed by atoms with Gasteiger partial charge < -0.3 is 9.64 Å². The molecule has 0 spiro atoms. The highest BCUT2D eigenvalue weighted by Gasteiger charge is 2.22. The number of hydrogen-bond donors (Lipinski definition) is 0. The van der Waals surface area contributed by atoms with Crippen LogP contribution in [0.1, 0.15) is 33.1 Å². The normalized spacial score (nSPS) is 18.6. The third-order valence-corrected chi connectivity index (χ3v) is 6.78. The number of ether oxygens (including phenoxy) is 1. The lowest BCUT2D eigenvalue weighted by Gasteiger charge is -2.36. The van der Waals surface area contributed by atoms with Gasteiger partial charge in [-0.25, -0.2) is 0 Å². The molecule has 2 aromatic carbocycles. The van der Waals surface area contributed by atoms with Crippen LogP contribution in [0, 0.1) is 0 Å². The summed E-state index contributed by atoms with van der Waals surface area (Å²) in [6.45, 7) is 9.79. The van der Waals surface area contributed by atoms with E-state index in [1.54, 1.807) is 0 Å². The third-order valence-electron chi connectivity index (χ3n) is 6.78. The van der Waals surface area contributed by atoms with Crippen LogP contribution < -0.4 is 9.64 Å². The first-order chi connectivity index (χ1) is 16.2. The average Bonchev–Trinajstić information content (AvgIpc) is 3.24. The quantitative estimate of drug-likeness (QED) is 0.501. The Morgan fingerprint density at radius 3 is 2.48 bits per heavy atom.